The van der Waals surface area contributed by atoms with Crippen LogP contribution in [-0.2, 0) is 4.79 Å². The number of urea groups is 1. The second kappa shape index (κ2) is 7.35. The highest BCUT2D eigenvalue weighted by Crippen LogP contribution is 2.17. The Labute approximate surface area is 152 Å². The number of benzene rings is 1. The van der Waals surface area contributed by atoms with E-state index < -0.39 is 12.1 Å². The zero-order chi connectivity index (χ0) is 18.8. The second-order valence-corrected chi connectivity index (χ2v) is 6.58. The fourth-order valence-electron chi connectivity index (χ4n) is 3.20. The molecule has 1 aromatic carbocycles. The van der Waals surface area contributed by atoms with Crippen LogP contribution in [0.5, 0.6) is 0 Å². The zero-order valence-electron chi connectivity index (χ0n) is 15.2. The third kappa shape index (κ3) is 3.25. The van der Waals surface area contributed by atoms with Crippen LogP contribution in [0.1, 0.15) is 18.6 Å². The number of likely N-dealkylation sites (N-methyl/N-ethyl adjacent to an activating group) is 2. The van der Waals surface area contributed by atoms with Crippen LogP contribution in [0.25, 0.3) is 0 Å². The number of carbonyl (C=O) groups is 2. The minimum absolute atomic E-state index is 0.144. The lowest BCUT2D eigenvalue weighted by Crippen LogP contribution is -2.61. The summed E-state index contributed by atoms with van der Waals surface area (Å²) < 4.78 is 1.81. The minimum atomic E-state index is -0.614. The van der Waals surface area contributed by atoms with Gasteiger partial charge < -0.3 is 10.4 Å². The number of amidine groups is 1. The number of nitrogens with zero attached hydrogens (tertiary/aromatic N) is 4. The van der Waals surface area contributed by atoms with E-state index in [4.69, 9.17) is 0 Å². The number of carbonyl (C=O) groups excluding carboxylic acids is 2. The smallest absolute Gasteiger partial charge is 0.333 e. The van der Waals surface area contributed by atoms with E-state index in [0.29, 0.717) is 18.9 Å². The van der Waals surface area contributed by atoms with Gasteiger partial charge in [0.1, 0.15) is 0 Å². The largest absolute Gasteiger partial charge is 0.387 e. The third-order valence-corrected chi connectivity index (χ3v) is 4.85. The molecule has 2 heterocycles. The molecular formula is C18H24N5O3+. The maximum atomic E-state index is 12.4. The van der Waals surface area contributed by atoms with E-state index in [2.05, 4.69) is 10.3 Å². The van der Waals surface area contributed by atoms with E-state index in [1.165, 1.54) is 11.9 Å². The summed E-state index contributed by atoms with van der Waals surface area (Å²) in [6.45, 7) is 3.01. The predicted octanol–water partition coefficient (Wildman–Crippen LogP) is 0.0434. The SMILES string of the molecule is C[C@H](NCC[N+]1=CN=C2C1C(=O)N(C)C(=O)N2C)[C@H](O)c1ccccc1. The molecule has 3 amide bonds. The van der Waals surface area contributed by atoms with E-state index in [0.717, 1.165) is 10.5 Å². The molecule has 2 aliphatic rings. The fraction of sp³-hybridized carbons (Fsp3) is 0.444. The Morgan fingerprint density at radius 3 is 2.62 bits per heavy atom. The van der Waals surface area contributed by atoms with Crippen molar-refractivity contribution >= 4 is 24.1 Å². The molecule has 1 unspecified atom stereocenters. The van der Waals surface area contributed by atoms with Gasteiger partial charge in [-0.05, 0) is 17.5 Å². The van der Waals surface area contributed by atoms with Crippen molar-refractivity contribution in [3.05, 3.63) is 35.9 Å². The molecule has 1 saturated heterocycles. The Morgan fingerprint density at radius 1 is 1.23 bits per heavy atom. The number of imide groups is 1. The molecule has 8 nitrogen and oxygen atoms in total. The van der Waals surface area contributed by atoms with Crippen molar-refractivity contribution in [2.75, 3.05) is 27.2 Å². The molecule has 0 bridgehead atoms. The summed E-state index contributed by atoms with van der Waals surface area (Å²) in [5.41, 5.74) is 0.857. The molecule has 3 rings (SSSR count). The first-order chi connectivity index (χ1) is 12.4. The molecule has 0 aliphatic carbocycles. The molecule has 0 spiro atoms. The van der Waals surface area contributed by atoms with Gasteiger partial charge in [0.25, 0.3) is 24.1 Å². The molecule has 3 atom stereocenters. The molecule has 138 valence electrons. The van der Waals surface area contributed by atoms with E-state index in [1.807, 2.05) is 41.8 Å². The molecule has 1 fully saturated rings. The van der Waals surface area contributed by atoms with Crippen LogP contribution in [0.15, 0.2) is 35.3 Å². The Kier molecular flexibility index (Phi) is 5.15. The number of rotatable bonds is 6. The number of amides is 3. The van der Waals surface area contributed by atoms with E-state index in [9.17, 15) is 14.7 Å². The summed E-state index contributed by atoms with van der Waals surface area (Å²) in [5, 5.41) is 13.7. The monoisotopic (exact) mass is 358 g/mol. The molecule has 26 heavy (non-hydrogen) atoms. The standard InChI is InChI=1S/C18H24N5O3/c1-12(15(24)13-7-5-4-6-8-13)19-9-10-23-11-20-16-14(23)17(25)22(3)18(26)21(16)2/h4-8,11-12,14-15,19,24H,9-10H2,1-3H3/q+1/t12-,14?,15-/m0/s1. The van der Waals surface area contributed by atoms with Gasteiger partial charge in [0.15, 0.2) is 0 Å². The van der Waals surface area contributed by atoms with Gasteiger partial charge in [-0.3, -0.25) is 14.6 Å². The first-order valence-electron chi connectivity index (χ1n) is 8.60. The second-order valence-electron chi connectivity index (χ2n) is 6.58. The Hall–Kier alpha value is -2.58. The molecule has 0 saturated carbocycles. The van der Waals surface area contributed by atoms with E-state index >= 15 is 0 Å². The lowest BCUT2D eigenvalue weighted by molar-refractivity contribution is -0.529. The van der Waals surface area contributed by atoms with Crippen molar-refractivity contribution in [3.8, 4) is 0 Å². The van der Waals surface area contributed by atoms with Crippen LogP contribution in [0.4, 0.5) is 4.79 Å². The summed E-state index contributed by atoms with van der Waals surface area (Å²) in [5.74, 6) is 0.174. The maximum absolute atomic E-state index is 12.4. The maximum Gasteiger partial charge on any atom is 0.333 e. The number of hydrogen-bond acceptors (Lipinski definition) is 5. The molecule has 8 heteroatoms. The van der Waals surface area contributed by atoms with Crippen molar-refractivity contribution in [3.63, 3.8) is 0 Å². The van der Waals surface area contributed by atoms with Crippen LogP contribution in [0.3, 0.4) is 0 Å². The van der Waals surface area contributed by atoms with Crippen molar-refractivity contribution in [2.24, 2.45) is 4.99 Å². The summed E-state index contributed by atoms with van der Waals surface area (Å²) in [7, 11) is 3.09. The first kappa shape index (κ1) is 18.2. The lowest BCUT2D eigenvalue weighted by atomic mass is 10.0. The number of fused-ring (bicyclic) bond motifs is 1. The Balaban J connectivity index is 1.56. The van der Waals surface area contributed by atoms with Crippen LogP contribution < -0.4 is 5.32 Å². The van der Waals surface area contributed by atoms with E-state index in [-0.39, 0.29) is 18.0 Å². The van der Waals surface area contributed by atoms with Crippen molar-refractivity contribution < 1.29 is 19.3 Å². The molecule has 0 radical (unpaired) electrons. The van der Waals surface area contributed by atoms with Gasteiger partial charge in [-0.2, -0.15) is 0 Å². The highest BCUT2D eigenvalue weighted by molar-refractivity contribution is 6.21. The first-order valence-corrected chi connectivity index (χ1v) is 8.60. The van der Waals surface area contributed by atoms with Crippen LogP contribution in [0, 0.1) is 0 Å². The number of aliphatic imine (C=N–C) groups is 1. The van der Waals surface area contributed by atoms with E-state index in [1.54, 1.807) is 13.4 Å². The van der Waals surface area contributed by atoms with Gasteiger partial charge >= 0.3 is 6.03 Å². The number of nitrogens with one attached hydrogen (secondary N) is 1. The van der Waals surface area contributed by atoms with Crippen molar-refractivity contribution in [1.29, 1.82) is 0 Å². The van der Waals surface area contributed by atoms with Gasteiger partial charge in [0.05, 0.1) is 12.6 Å². The summed E-state index contributed by atoms with van der Waals surface area (Å²) in [4.78, 5) is 31.2. The number of aliphatic hydroxyl groups excluding tert-OH is 1. The fourth-order valence-corrected chi connectivity index (χ4v) is 3.20. The summed E-state index contributed by atoms with van der Waals surface area (Å²) >= 11 is 0. The van der Waals surface area contributed by atoms with Crippen LogP contribution in [0.2, 0.25) is 0 Å². The molecule has 2 N–H and O–H groups in total. The third-order valence-electron chi connectivity index (χ3n) is 4.85. The predicted molar refractivity (Wildman–Crippen MR) is 97.2 cm³/mol. The normalized spacial score (nSPS) is 22.1. The molecule has 0 aromatic heterocycles. The molecular weight excluding hydrogens is 334 g/mol. The molecule has 1 aromatic rings. The summed E-state index contributed by atoms with van der Waals surface area (Å²) in [6, 6.07) is 8.39. The molecule has 2 aliphatic heterocycles. The Morgan fingerprint density at radius 2 is 1.92 bits per heavy atom. The van der Waals surface area contributed by atoms with Gasteiger partial charge in [-0.25, -0.2) is 9.37 Å². The quantitative estimate of drug-likeness (QED) is 0.703. The van der Waals surface area contributed by atoms with Crippen LogP contribution in [-0.4, -0.2) is 82.9 Å². The van der Waals surface area contributed by atoms with Gasteiger partial charge in [0.2, 0.25) is 0 Å². The van der Waals surface area contributed by atoms with Crippen molar-refractivity contribution in [2.45, 2.75) is 25.1 Å². The number of aliphatic hydroxyl groups is 1. The van der Waals surface area contributed by atoms with Crippen LogP contribution >= 0.6 is 0 Å². The van der Waals surface area contributed by atoms with Crippen molar-refractivity contribution in [1.82, 2.24) is 15.1 Å². The average molecular weight is 358 g/mol. The zero-order valence-corrected chi connectivity index (χ0v) is 15.2. The lowest BCUT2D eigenvalue weighted by Gasteiger charge is -2.30. The Bertz CT molecular complexity index is 761. The summed E-state index contributed by atoms with van der Waals surface area (Å²) in [6.07, 6.45) is 0.984. The topological polar surface area (TPSA) is 88.2 Å². The minimum Gasteiger partial charge on any atom is -0.387 e. The highest BCUT2D eigenvalue weighted by Gasteiger charge is 2.50. The highest BCUT2D eigenvalue weighted by atomic mass is 16.3. The number of hydrogen-bond donors (Lipinski definition) is 2. The average Bonchev–Trinajstić information content (AvgIpc) is 3.08. The van der Waals surface area contributed by atoms with Gasteiger partial charge in [-0.15, -0.1) is 0 Å². The van der Waals surface area contributed by atoms with Gasteiger partial charge in [0, 0.05) is 26.7 Å². The van der Waals surface area contributed by atoms with Gasteiger partial charge in [-0.1, -0.05) is 30.3 Å².